The molecule has 7 heteroatoms. The Morgan fingerprint density at radius 1 is 1.33 bits per heavy atom. The van der Waals surface area contributed by atoms with Gasteiger partial charge in [0.25, 0.3) is 10.1 Å². The molecule has 1 atom stereocenters. The van der Waals surface area contributed by atoms with Gasteiger partial charge in [0.15, 0.2) is 0 Å². The van der Waals surface area contributed by atoms with Gasteiger partial charge in [-0.2, -0.15) is 8.42 Å². The lowest BCUT2D eigenvalue weighted by molar-refractivity contribution is 0.204. The SMILES string of the molecule is O=S(=O)(O)CNC(CO)CCO. The molecule has 0 bridgehead atoms. The maximum atomic E-state index is 10.2. The van der Waals surface area contributed by atoms with Crippen molar-refractivity contribution in [3.05, 3.63) is 0 Å². The molecule has 0 aliphatic carbocycles. The molecule has 0 amide bonds. The lowest BCUT2D eigenvalue weighted by Gasteiger charge is -2.12. The Bertz CT molecular complexity index is 202. The predicted octanol–water partition coefficient (Wildman–Crippen LogP) is -1.84. The van der Waals surface area contributed by atoms with Gasteiger partial charge in [-0.05, 0) is 6.42 Å². The standard InChI is InChI=1S/C5H13NO5S/c7-2-1-5(3-8)6-4-12(9,10)11/h5-8H,1-4H2,(H,9,10,11). The molecule has 74 valence electrons. The van der Waals surface area contributed by atoms with Gasteiger partial charge in [-0.1, -0.05) is 0 Å². The summed E-state index contributed by atoms with van der Waals surface area (Å²) in [6.07, 6.45) is 0.242. The van der Waals surface area contributed by atoms with Crippen molar-refractivity contribution in [3.8, 4) is 0 Å². The lowest BCUT2D eigenvalue weighted by atomic mass is 10.2. The average molecular weight is 199 g/mol. The molecule has 0 aromatic rings. The van der Waals surface area contributed by atoms with Gasteiger partial charge in [0.2, 0.25) is 0 Å². The Morgan fingerprint density at radius 3 is 2.25 bits per heavy atom. The maximum absolute atomic E-state index is 10.2. The number of nitrogens with one attached hydrogen (secondary N) is 1. The van der Waals surface area contributed by atoms with Crippen LogP contribution in [0.5, 0.6) is 0 Å². The highest BCUT2D eigenvalue weighted by atomic mass is 32.2. The van der Waals surface area contributed by atoms with Gasteiger partial charge < -0.3 is 10.2 Å². The van der Waals surface area contributed by atoms with Crippen LogP contribution in [0.3, 0.4) is 0 Å². The quantitative estimate of drug-likeness (QED) is 0.375. The zero-order valence-electron chi connectivity index (χ0n) is 6.47. The molecule has 1 unspecified atom stereocenters. The largest absolute Gasteiger partial charge is 0.396 e. The van der Waals surface area contributed by atoms with Gasteiger partial charge in [0.1, 0.15) is 5.88 Å². The first-order valence-corrected chi connectivity index (χ1v) is 5.00. The summed E-state index contributed by atoms with van der Waals surface area (Å²) in [4.78, 5) is 0. The molecule has 0 saturated carbocycles. The molecule has 0 aliphatic rings. The van der Waals surface area contributed by atoms with Crippen molar-refractivity contribution in [1.82, 2.24) is 5.32 Å². The Morgan fingerprint density at radius 2 is 1.92 bits per heavy atom. The van der Waals surface area contributed by atoms with E-state index in [9.17, 15) is 8.42 Å². The first-order chi connectivity index (χ1) is 5.49. The van der Waals surface area contributed by atoms with Crippen LogP contribution in [0.25, 0.3) is 0 Å². The first kappa shape index (κ1) is 11.8. The number of aliphatic hydroxyl groups excluding tert-OH is 2. The smallest absolute Gasteiger partial charge is 0.278 e. The van der Waals surface area contributed by atoms with Crippen LogP contribution in [0.15, 0.2) is 0 Å². The molecule has 6 nitrogen and oxygen atoms in total. The molecule has 0 radical (unpaired) electrons. The number of aliphatic hydroxyl groups is 2. The second-order valence-corrected chi connectivity index (χ2v) is 3.77. The number of rotatable bonds is 6. The van der Waals surface area contributed by atoms with Crippen LogP contribution in [0.1, 0.15) is 6.42 Å². The Kier molecular flexibility index (Phi) is 5.34. The van der Waals surface area contributed by atoms with Crippen molar-refractivity contribution in [3.63, 3.8) is 0 Å². The predicted molar refractivity (Wildman–Crippen MR) is 42.1 cm³/mol. The minimum atomic E-state index is -4.05. The van der Waals surface area contributed by atoms with Crippen molar-refractivity contribution < 1.29 is 23.2 Å². The molecule has 0 aliphatic heterocycles. The van der Waals surface area contributed by atoms with Gasteiger partial charge in [0, 0.05) is 12.6 Å². The topological polar surface area (TPSA) is 107 Å². The summed E-state index contributed by atoms with van der Waals surface area (Å²) in [5, 5.41) is 19.4. The Hall–Kier alpha value is -0.210. The summed E-state index contributed by atoms with van der Waals surface area (Å²) in [6, 6.07) is -0.503. The van der Waals surface area contributed by atoms with E-state index in [-0.39, 0.29) is 19.6 Å². The van der Waals surface area contributed by atoms with E-state index in [0.717, 1.165) is 0 Å². The van der Waals surface area contributed by atoms with Crippen LogP contribution >= 0.6 is 0 Å². The van der Waals surface area contributed by atoms with Crippen LogP contribution in [-0.2, 0) is 10.1 Å². The first-order valence-electron chi connectivity index (χ1n) is 3.40. The van der Waals surface area contributed by atoms with E-state index in [4.69, 9.17) is 14.8 Å². The van der Waals surface area contributed by atoms with E-state index >= 15 is 0 Å². The maximum Gasteiger partial charge on any atom is 0.278 e. The van der Waals surface area contributed by atoms with Crippen molar-refractivity contribution in [2.45, 2.75) is 12.5 Å². The minimum absolute atomic E-state index is 0.149. The number of hydrogen-bond acceptors (Lipinski definition) is 5. The molecule has 0 heterocycles. The summed E-state index contributed by atoms with van der Waals surface area (Å²) >= 11 is 0. The van der Waals surface area contributed by atoms with E-state index in [1.54, 1.807) is 0 Å². The minimum Gasteiger partial charge on any atom is -0.396 e. The van der Waals surface area contributed by atoms with Gasteiger partial charge in [0.05, 0.1) is 6.61 Å². The second-order valence-electron chi connectivity index (χ2n) is 2.32. The molecule has 0 spiro atoms. The van der Waals surface area contributed by atoms with E-state index < -0.39 is 22.0 Å². The van der Waals surface area contributed by atoms with Crippen LogP contribution in [0.4, 0.5) is 0 Å². The zero-order valence-corrected chi connectivity index (χ0v) is 7.29. The lowest BCUT2D eigenvalue weighted by Crippen LogP contribution is -2.36. The molecule has 0 rings (SSSR count). The fraction of sp³-hybridized carbons (Fsp3) is 1.00. The molecule has 0 aromatic carbocycles. The summed E-state index contributed by atoms with van der Waals surface area (Å²) < 4.78 is 28.7. The normalized spacial score (nSPS) is 14.6. The number of hydrogen-bond donors (Lipinski definition) is 4. The van der Waals surface area contributed by atoms with E-state index in [1.807, 2.05) is 0 Å². The van der Waals surface area contributed by atoms with Crippen LogP contribution in [0.2, 0.25) is 0 Å². The molecule has 0 fully saturated rings. The molecule has 12 heavy (non-hydrogen) atoms. The molecule has 4 N–H and O–H groups in total. The third kappa shape index (κ3) is 6.50. The third-order valence-corrected chi connectivity index (χ3v) is 1.78. The fourth-order valence-corrected chi connectivity index (χ4v) is 1.08. The summed E-state index contributed by atoms with van der Waals surface area (Å²) in [7, 11) is -4.05. The molecule has 0 aromatic heterocycles. The van der Waals surface area contributed by atoms with Gasteiger partial charge in [-0.3, -0.25) is 9.87 Å². The van der Waals surface area contributed by atoms with E-state index in [0.29, 0.717) is 0 Å². The monoisotopic (exact) mass is 199 g/mol. The second kappa shape index (κ2) is 5.44. The molecular formula is C5H13NO5S. The van der Waals surface area contributed by atoms with E-state index in [2.05, 4.69) is 5.32 Å². The zero-order chi connectivity index (χ0) is 9.61. The molecule has 0 saturated heterocycles. The van der Waals surface area contributed by atoms with Crippen molar-refractivity contribution >= 4 is 10.1 Å². The van der Waals surface area contributed by atoms with Crippen molar-refractivity contribution in [2.24, 2.45) is 0 Å². The third-order valence-electron chi connectivity index (χ3n) is 1.25. The van der Waals surface area contributed by atoms with Gasteiger partial charge in [-0.15, -0.1) is 0 Å². The van der Waals surface area contributed by atoms with Crippen molar-refractivity contribution in [1.29, 1.82) is 0 Å². The fourth-order valence-electron chi connectivity index (χ4n) is 0.637. The summed E-state index contributed by atoms with van der Waals surface area (Å²) in [5.41, 5.74) is 0. The summed E-state index contributed by atoms with van der Waals surface area (Å²) in [6.45, 7) is -0.431. The highest BCUT2D eigenvalue weighted by Gasteiger charge is 2.10. The molecular weight excluding hydrogens is 186 g/mol. The average Bonchev–Trinajstić information content (AvgIpc) is 1.96. The van der Waals surface area contributed by atoms with Crippen molar-refractivity contribution in [2.75, 3.05) is 19.1 Å². The van der Waals surface area contributed by atoms with Crippen LogP contribution in [0, 0.1) is 0 Å². The van der Waals surface area contributed by atoms with E-state index in [1.165, 1.54) is 0 Å². The van der Waals surface area contributed by atoms with Crippen LogP contribution in [-0.4, -0.2) is 48.3 Å². The highest BCUT2D eigenvalue weighted by Crippen LogP contribution is 1.90. The van der Waals surface area contributed by atoms with Gasteiger partial charge in [-0.25, -0.2) is 0 Å². The summed E-state index contributed by atoms with van der Waals surface area (Å²) in [5.74, 6) is -0.613. The van der Waals surface area contributed by atoms with Crippen LogP contribution < -0.4 is 5.32 Å². The van der Waals surface area contributed by atoms with Gasteiger partial charge >= 0.3 is 0 Å². The Labute approximate surface area is 71.0 Å². The highest BCUT2D eigenvalue weighted by molar-refractivity contribution is 7.85. The Balaban J connectivity index is 3.73.